The van der Waals surface area contributed by atoms with E-state index in [0.717, 1.165) is 6.04 Å². The Morgan fingerprint density at radius 3 is 2.19 bits per heavy atom. The molecule has 0 unspecified atom stereocenters. The SMILES string of the molecule is CCCC(CCC)NCCN1CCCCC1. The molecule has 96 valence electrons. The van der Waals surface area contributed by atoms with Crippen molar-refractivity contribution in [3.63, 3.8) is 0 Å². The molecule has 0 aromatic carbocycles. The Hall–Kier alpha value is -0.0800. The third kappa shape index (κ3) is 5.86. The Kier molecular flexibility index (Phi) is 7.87. The van der Waals surface area contributed by atoms with Crippen molar-refractivity contribution in [3.8, 4) is 0 Å². The van der Waals surface area contributed by atoms with Crippen molar-refractivity contribution in [1.29, 1.82) is 0 Å². The summed E-state index contributed by atoms with van der Waals surface area (Å²) in [4.78, 5) is 2.62. The maximum atomic E-state index is 3.73. The molecule has 16 heavy (non-hydrogen) atoms. The largest absolute Gasteiger partial charge is 0.313 e. The van der Waals surface area contributed by atoms with Crippen LogP contribution in [0.3, 0.4) is 0 Å². The zero-order valence-corrected chi connectivity index (χ0v) is 11.3. The fourth-order valence-electron chi connectivity index (χ4n) is 2.66. The van der Waals surface area contributed by atoms with E-state index in [0.29, 0.717) is 0 Å². The number of hydrogen-bond donors (Lipinski definition) is 1. The number of nitrogens with zero attached hydrogens (tertiary/aromatic N) is 1. The van der Waals surface area contributed by atoms with E-state index in [9.17, 15) is 0 Å². The van der Waals surface area contributed by atoms with Crippen LogP contribution in [0.25, 0.3) is 0 Å². The van der Waals surface area contributed by atoms with Gasteiger partial charge in [0, 0.05) is 19.1 Å². The highest BCUT2D eigenvalue weighted by Crippen LogP contribution is 2.08. The van der Waals surface area contributed by atoms with Crippen LogP contribution in [0.5, 0.6) is 0 Å². The lowest BCUT2D eigenvalue weighted by Crippen LogP contribution is -2.39. The molecule has 0 bridgehead atoms. The second-order valence-electron chi connectivity index (χ2n) is 5.13. The van der Waals surface area contributed by atoms with E-state index in [1.807, 2.05) is 0 Å². The third-order valence-corrected chi connectivity index (χ3v) is 3.58. The van der Waals surface area contributed by atoms with Gasteiger partial charge in [-0.05, 0) is 38.8 Å². The molecule has 1 N–H and O–H groups in total. The van der Waals surface area contributed by atoms with Gasteiger partial charge in [-0.3, -0.25) is 0 Å². The van der Waals surface area contributed by atoms with Crippen LogP contribution in [0.1, 0.15) is 58.8 Å². The molecule has 1 heterocycles. The molecule has 2 heteroatoms. The van der Waals surface area contributed by atoms with Crippen molar-refractivity contribution in [2.75, 3.05) is 26.2 Å². The van der Waals surface area contributed by atoms with E-state index in [2.05, 4.69) is 24.1 Å². The number of likely N-dealkylation sites (tertiary alicyclic amines) is 1. The first-order chi connectivity index (χ1) is 7.86. The van der Waals surface area contributed by atoms with Gasteiger partial charge < -0.3 is 10.2 Å². The lowest BCUT2D eigenvalue weighted by Gasteiger charge is -2.27. The van der Waals surface area contributed by atoms with Gasteiger partial charge in [-0.1, -0.05) is 33.1 Å². The van der Waals surface area contributed by atoms with E-state index >= 15 is 0 Å². The molecule has 0 aromatic rings. The highest BCUT2D eigenvalue weighted by atomic mass is 15.1. The quantitative estimate of drug-likeness (QED) is 0.684. The van der Waals surface area contributed by atoms with Crippen molar-refractivity contribution in [2.45, 2.75) is 64.8 Å². The number of nitrogens with one attached hydrogen (secondary N) is 1. The van der Waals surface area contributed by atoms with Crippen LogP contribution in [0.4, 0.5) is 0 Å². The lowest BCUT2D eigenvalue weighted by atomic mass is 10.1. The van der Waals surface area contributed by atoms with Crippen LogP contribution in [-0.4, -0.2) is 37.1 Å². The minimum Gasteiger partial charge on any atom is -0.313 e. The topological polar surface area (TPSA) is 15.3 Å². The summed E-state index contributed by atoms with van der Waals surface area (Å²) in [6, 6.07) is 0.764. The lowest BCUT2D eigenvalue weighted by molar-refractivity contribution is 0.224. The summed E-state index contributed by atoms with van der Waals surface area (Å²) in [6.45, 7) is 9.67. The zero-order valence-electron chi connectivity index (χ0n) is 11.3. The average molecular weight is 226 g/mol. The molecule has 1 aliphatic heterocycles. The molecule has 0 radical (unpaired) electrons. The summed E-state index contributed by atoms with van der Waals surface area (Å²) in [5, 5.41) is 3.73. The molecule has 1 saturated heterocycles. The molecule has 1 aliphatic rings. The number of hydrogen-bond acceptors (Lipinski definition) is 2. The summed E-state index contributed by atoms with van der Waals surface area (Å²) in [5.74, 6) is 0. The molecule has 0 spiro atoms. The Balaban J connectivity index is 2.06. The van der Waals surface area contributed by atoms with Crippen molar-refractivity contribution in [1.82, 2.24) is 10.2 Å². The smallest absolute Gasteiger partial charge is 0.0107 e. The van der Waals surface area contributed by atoms with E-state index in [1.54, 1.807) is 0 Å². The summed E-state index contributed by atoms with van der Waals surface area (Å²) < 4.78 is 0. The van der Waals surface area contributed by atoms with Crippen LogP contribution in [-0.2, 0) is 0 Å². The summed E-state index contributed by atoms with van der Waals surface area (Å²) >= 11 is 0. The minimum absolute atomic E-state index is 0.764. The van der Waals surface area contributed by atoms with E-state index in [1.165, 1.54) is 71.1 Å². The fourth-order valence-corrected chi connectivity index (χ4v) is 2.66. The molecular weight excluding hydrogens is 196 g/mol. The summed E-state index contributed by atoms with van der Waals surface area (Å²) in [6.07, 6.45) is 9.56. The number of rotatable bonds is 8. The third-order valence-electron chi connectivity index (χ3n) is 3.58. The van der Waals surface area contributed by atoms with Crippen molar-refractivity contribution in [3.05, 3.63) is 0 Å². The Bertz CT molecular complexity index is 147. The van der Waals surface area contributed by atoms with Gasteiger partial charge in [-0.25, -0.2) is 0 Å². The molecule has 0 saturated carbocycles. The van der Waals surface area contributed by atoms with Gasteiger partial charge in [0.25, 0.3) is 0 Å². The summed E-state index contributed by atoms with van der Waals surface area (Å²) in [7, 11) is 0. The molecule has 1 fully saturated rings. The van der Waals surface area contributed by atoms with Gasteiger partial charge in [0.1, 0.15) is 0 Å². The van der Waals surface area contributed by atoms with E-state index < -0.39 is 0 Å². The summed E-state index contributed by atoms with van der Waals surface area (Å²) in [5.41, 5.74) is 0. The highest BCUT2D eigenvalue weighted by Gasteiger charge is 2.10. The molecule has 2 nitrogen and oxygen atoms in total. The van der Waals surface area contributed by atoms with Gasteiger partial charge >= 0.3 is 0 Å². The first-order valence-electron chi connectivity index (χ1n) is 7.32. The minimum atomic E-state index is 0.764. The van der Waals surface area contributed by atoms with Gasteiger partial charge in [0.15, 0.2) is 0 Å². The zero-order chi connectivity index (χ0) is 11.6. The predicted octanol–water partition coefficient (Wildman–Crippen LogP) is 3.03. The van der Waals surface area contributed by atoms with Crippen LogP contribution in [0, 0.1) is 0 Å². The Labute approximate surface area is 102 Å². The standard InChI is InChI=1S/C14H30N2/c1-3-8-14(9-4-2)15-10-13-16-11-6-5-7-12-16/h14-15H,3-13H2,1-2H3. The molecule has 0 aromatic heterocycles. The van der Waals surface area contributed by atoms with Gasteiger partial charge in [-0.15, -0.1) is 0 Å². The van der Waals surface area contributed by atoms with E-state index in [4.69, 9.17) is 0 Å². The van der Waals surface area contributed by atoms with Crippen LogP contribution in [0.2, 0.25) is 0 Å². The Morgan fingerprint density at radius 1 is 1.00 bits per heavy atom. The van der Waals surface area contributed by atoms with Crippen LogP contribution >= 0.6 is 0 Å². The van der Waals surface area contributed by atoms with Crippen molar-refractivity contribution in [2.24, 2.45) is 0 Å². The van der Waals surface area contributed by atoms with Gasteiger partial charge in [0.05, 0.1) is 0 Å². The molecule has 0 atom stereocenters. The van der Waals surface area contributed by atoms with Crippen LogP contribution < -0.4 is 5.32 Å². The second-order valence-corrected chi connectivity index (χ2v) is 5.13. The van der Waals surface area contributed by atoms with Crippen molar-refractivity contribution < 1.29 is 0 Å². The van der Waals surface area contributed by atoms with Gasteiger partial charge in [0.2, 0.25) is 0 Å². The first-order valence-corrected chi connectivity index (χ1v) is 7.32. The normalized spacial score (nSPS) is 18.2. The van der Waals surface area contributed by atoms with Crippen molar-refractivity contribution >= 4 is 0 Å². The first kappa shape index (κ1) is 14.0. The molecule has 0 aliphatic carbocycles. The predicted molar refractivity (Wildman–Crippen MR) is 71.9 cm³/mol. The molecule has 1 rings (SSSR count). The maximum absolute atomic E-state index is 3.73. The van der Waals surface area contributed by atoms with Crippen LogP contribution in [0.15, 0.2) is 0 Å². The van der Waals surface area contributed by atoms with Gasteiger partial charge in [-0.2, -0.15) is 0 Å². The number of piperidine rings is 1. The monoisotopic (exact) mass is 226 g/mol. The average Bonchev–Trinajstić information content (AvgIpc) is 2.31. The second kappa shape index (κ2) is 9.00. The maximum Gasteiger partial charge on any atom is 0.0107 e. The molecular formula is C14H30N2. The fraction of sp³-hybridized carbons (Fsp3) is 1.00. The molecule has 0 amide bonds. The van der Waals surface area contributed by atoms with E-state index in [-0.39, 0.29) is 0 Å². The highest BCUT2D eigenvalue weighted by molar-refractivity contribution is 4.69. The Morgan fingerprint density at radius 2 is 1.62 bits per heavy atom.